The minimum absolute atomic E-state index is 0.0574. The number of nitrogens with one attached hydrogen (secondary N) is 1. The van der Waals surface area contributed by atoms with E-state index in [1.807, 2.05) is 19.1 Å². The summed E-state index contributed by atoms with van der Waals surface area (Å²) in [6, 6.07) is 5.02. The van der Waals surface area contributed by atoms with Crippen LogP contribution in [0.15, 0.2) is 29.3 Å². The van der Waals surface area contributed by atoms with Crippen molar-refractivity contribution in [3.63, 3.8) is 0 Å². The zero-order valence-electron chi connectivity index (χ0n) is 13.8. The molecule has 1 amide bonds. The second-order valence-corrected chi connectivity index (χ2v) is 7.06. The molecule has 0 aliphatic rings. The molecule has 0 saturated heterocycles. The van der Waals surface area contributed by atoms with Crippen LogP contribution in [-0.4, -0.2) is 25.9 Å². The lowest BCUT2D eigenvalue weighted by molar-refractivity contribution is 0.0955. The fourth-order valence-corrected chi connectivity index (χ4v) is 3.60. The molecule has 0 unspecified atom stereocenters. The predicted octanol–water partition coefficient (Wildman–Crippen LogP) is 2.08. The molecule has 0 spiro atoms. The normalized spacial score (nSPS) is 11.3. The van der Waals surface area contributed by atoms with Crippen LogP contribution in [0.2, 0.25) is 0 Å². The number of amides is 1. The highest BCUT2D eigenvalue weighted by Crippen LogP contribution is 2.28. The van der Waals surface area contributed by atoms with Crippen molar-refractivity contribution >= 4 is 16.0 Å². The van der Waals surface area contributed by atoms with Crippen molar-refractivity contribution in [1.29, 1.82) is 0 Å². The quantitative estimate of drug-likeness (QED) is 0.867. The van der Waals surface area contributed by atoms with E-state index in [2.05, 4.69) is 5.32 Å². The van der Waals surface area contributed by atoms with Gasteiger partial charge in [-0.15, -0.1) is 0 Å². The van der Waals surface area contributed by atoms with E-state index in [-0.39, 0.29) is 16.5 Å². The van der Waals surface area contributed by atoms with Gasteiger partial charge in [0.2, 0.25) is 0 Å². The summed E-state index contributed by atoms with van der Waals surface area (Å²) in [4.78, 5) is 11.7. The van der Waals surface area contributed by atoms with Crippen molar-refractivity contribution in [3.05, 3.63) is 46.8 Å². The van der Waals surface area contributed by atoms with E-state index in [0.717, 1.165) is 16.7 Å². The van der Waals surface area contributed by atoms with Crippen LogP contribution in [0.5, 0.6) is 5.75 Å². The average molecular weight is 336 g/mol. The molecule has 7 heteroatoms. The van der Waals surface area contributed by atoms with Crippen molar-refractivity contribution in [2.75, 3.05) is 7.05 Å². The molecule has 0 radical (unpaired) electrons. The van der Waals surface area contributed by atoms with E-state index < -0.39 is 10.1 Å². The van der Waals surface area contributed by atoms with E-state index in [1.54, 1.807) is 20.9 Å². The molecule has 23 heavy (non-hydrogen) atoms. The second kappa shape index (κ2) is 6.08. The molecule has 1 heterocycles. The smallest absolute Gasteiger partial charge is 0.340 e. The van der Waals surface area contributed by atoms with Gasteiger partial charge in [0.15, 0.2) is 0 Å². The summed E-state index contributed by atoms with van der Waals surface area (Å²) in [5, 5.41) is 2.47. The van der Waals surface area contributed by atoms with Gasteiger partial charge in [0.1, 0.15) is 16.3 Å². The number of hydrogen-bond acceptors (Lipinski definition) is 4. The lowest BCUT2D eigenvalue weighted by atomic mass is 10.1. The monoisotopic (exact) mass is 336 g/mol. The summed E-state index contributed by atoms with van der Waals surface area (Å²) in [5.41, 5.74) is 2.76. The number of rotatable bonds is 4. The maximum atomic E-state index is 12.5. The Kier molecular flexibility index (Phi) is 4.51. The standard InChI is InChI=1S/C16H20N2O4S/c1-10-6-11(2)15(12(3)7-10)22-23(20,21)13-8-14(16(19)17-4)18(5)9-13/h6-9H,1-5H3,(H,17,19). The highest BCUT2D eigenvalue weighted by atomic mass is 32.2. The van der Waals surface area contributed by atoms with Crippen LogP contribution in [0.3, 0.4) is 0 Å². The number of aryl methyl sites for hydroxylation is 4. The van der Waals surface area contributed by atoms with E-state index in [4.69, 9.17) is 4.18 Å². The molecule has 0 atom stereocenters. The summed E-state index contributed by atoms with van der Waals surface area (Å²) in [6.45, 7) is 5.53. The Bertz CT molecular complexity index is 843. The van der Waals surface area contributed by atoms with Gasteiger partial charge in [-0.2, -0.15) is 8.42 Å². The van der Waals surface area contributed by atoms with Gasteiger partial charge in [-0.3, -0.25) is 4.79 Å². The Morgan fingerprint density at radius 2 is 1.70 bits per heavy atom. The number of hydrogen-bond donors (Lipinski definition) is 1. The second-order valence-electron chi connectivity index (χ2n) is 5.52. The lowest BCUT2D eigenvalue weighted by Gasteiger charge is -2.12. The van der Waals surface area contributed by atoms with Gasteiger partial charge in [0, 0.05) is 20.3 Å². The van der Waals surface area contributed by atoms with Crippen molar-refractivity contribution in [2.45, 2.75) is 25.7 Å². The zero-order valence-corrected chi connectivity index (χ0v) is 14.6. The Morgan fingerprint density at radius 1 is 1.13 bits per heavy atom. The van der Waals surface area contributed by atoms with E-state index in [9.17, 15) is 13.2 Å². The summed E-state index contributed by atoms with van der Waals surface area (Å²) >= 11 is 0. The van der Waals surface area contributed by atoms with Gasteiger partial charge in [0.25, 0.3) is 5.91 Å². The summed E-state index contributed by atoms with van der Waals surface area (Å²) in [6.07, 6.45) is 1.36. The van der Waals surface area contributed by atoms with Crippen molar-refractivity contribution in [2.24, 2.45) is 7.05 Å². The van der Waals surface area contributed by atoms with Gasteiger partial charge in [-0.1, -0.05) is 17.7 Å². The fraction of sp³-hybridized carbons (Fsp3) is 0.312. The predicted molar refractivity (Wildman–Crippen MR) is 87.3 cm³/mol. The molecule has 0 fully saturated rings. The topological polar surface area (TPSA) is 77.4 Å². The summed E-state index contributed by atoms with van der Waals surface area (Å²) in [7, 11) is -0.927. The number of nitrogens with zero attached hydrogens (tertiary/aromatic N) is 1. The van der Waals surface area contributed by atoms with Gasteiger partial charge in [0.05, 0.1) is 0 Å². The molecule has 124 valence electrons. The first-order valence-electron chi connectivity index (χ1n) is 7.06. The summed E-state index contributed by atoms with van der Waals surface area (Å²) < 4.78 is 31.8. The maximum absolute atomic E-state index is 12.5. The SMILES string of the molecule is CNC(=O)c1cc(S(=O)(=O)Oc2c(C)cc(C)cc2C)cn1C. The summed E-state index contributed by atoms with van der Waals surface area (Å²) in [5.74, 6) is -0.0439. The fourth-order valence-electron chi connectivity index (χ4n) is 2.48. The Labute approximate surface area is 136 Å². The molecule has 0 aliphatic carbocycles. The molecule has 6 nitrogen and oxygen atoms in total. The van der Waals surface area contributed by atoms with Crippen LogP contribution in [0.1, 0.15) is 27.2 Å². The van der Waals surface area contributed by atoms with Crippen LogP contribution in [0, 0.1) is 20.8 Å². The number of aromatic nitrogens is 1. The minimum atomic E-state index is -4.02. The van der Waals surface area contributed by atoms with Crippen molar-refractivity contribution in [1.82, 2.24) is 9.88 Å². The molecule has 0 saturated carbocycles. The van der Waals surface area contributed by atoms with Crippen LogP contribution < -0.4 is 9.50 Å². The first kappa shape index (κ1) is 17.1. The third-order valence-electron chi connectivity index (χ3n) is 3.53. The van der Waals surface area contributed by atoms with Crippen molar-refractivity contribution < 1.29 is 17.4 Å². The molecule has 2 aromatic rings. The Morgan fingerprint density at radius 3 is 2.22 bits per heavy atom. The average Bonchev–Trinajstić information content (AvgIpc) is 2.85. The first-order chi connectivity index (χ1) is 10.7. The molecular formula is C16H20N2O4S. The zero-order chi connectivity index (χ0) is 17.4. The van der Waals surface area contributed by atoms with Crippen LogP contribution in [0.25, 0.3) is 0 Å². The van der Waals surface area contributed by atoms with Gasteiger partial charge in [-0.05, 0) is 38.0 Å². The Hall–Kier alpha value is -2.28. The molecule has 1 N–H and O–H groups in total. The molecule has 0 bridgehead atoms. The number of carbonyl (C=O) groups is 1. The van der Waals surface area contributed by atoms with E-state index in [0.29, 0.717) is 5.75 Å². The lowest BCUT2D eigenvalue weighted by Crippen LogP contribution is -2.20. The number of benzene rings is 1. The molecule has 1 aromatic heterocycles. The van der Waals surface area contributed by atoms with Gasteiger partial charge >= 0.3 is 10.1 Å². The van der Waals surface area contributed by atoms with Gasteiger partial charge in [-0.25, -0.2) is 0 Å². The van der Waals surface area contributed by atoms with E-state index in [1.165, 1.54) is 23.9 Å². The first-order valence-corrected chi connectivity index (χ1v) is 8.47. The third-order valence-corrected chi connectivity index (χ3v) is 4.71. The maximum Gasteiger partial charge on any atom is 0.340 e. The highest BCUT2D eigenvalue weighted by molar-refractivity contribution is 7.87. The molecule has 0 aliphatic heterocycles. The molecular weight excluding hydrogens is 316 g/mol. The van der Waals surface area contributed by atoms with Crippen LogP contribution in [-0.2, 0) is 17.2 Å². The molecule has 1 aromatic carbocycles. The van der Waals surface area contributed by atoms with E-state index >= 15 is 0 Å². The van der Waals surface area contributed by atoms with Crippen LogP contribution >= 0.6 is 0 Å². The van der Waals surface area contributed by atoms with Crippen LogP contribution in [0.4, 0.5) is 0 Å². The van der Waals surface area contributed by atoms with Crippen molar-refractivity contribution in [3.8, 4) is 5.75 Å². The third kappa shape index (κ3) is 3.39. The number of carbonyl (C=O) groups excluding carboxylic acids is 1. The molecule has 2 rings (SSSR count). The highest BCUT2D eigenvalue weighted by Gasteiger charge is 2.23. The largest absolute Gasteiger partial charge is 0.378 e. The Balaban J connectivity index is 2.43. The van der Waals surface area contributed by atoms with Gasteiger partial charge < -0.3 is 14.1 Å². The minimum Gasteiger partial charge on any atom is -0.378 e.